The molecular formula is C37H20BrClS. The van der Waals surface area contributed by atoms with Crippen molar-refractivity contribution in [1.82, 2.24) is 0 Å². The second-order valence-corrected chi connectivity index (χ2v) is 13.2. The largest absolute Gasteiger partial charge is 0.135 e. The van der Waals surface area contributed by atoms with Gasteiger partial charge in [-0.2, -0.15) is 0 Å². The Labute approximate surface area is 249 Å². The molecule has 6 aromatic carbocycles. The first-order valence-corrected chi connectivity index (χ1v) is 15.4. The van der Waals surface area contributed by atoms with Gasteiger partial charge in [0.05, 0.1) is 5.41 Å². The highest BCUT2D eigenvalue weighted by Gasteiger charge is 2.51. The van der Waals surface area contributed by atoms with Crippen LogP contribution in [0.1, 0.15) is 22.3 Å². The number of rotatable bonds is 1. The van der Waals surface area contributed by atoms with Gasteiger partial charge in [0.1, 0.15) is 0 Å². The molecule has 0 bridgehead atoms. The molecule has 0 atom stereocenters. The van der Waals surface area contributed by atoms with Crippen molar-refractivity contribution >= 4 is 59.0 Å². The van der Waals surface area contributed by atoms with Crippen LogP contribution in [0.3, 0.4) is 0 Å². The van der Waals surface area contributed by atoms with Crippen molar-refractivity contribution in [3.63, 3.8) is 0 Å². The number of thiophene rings is 1. The van der Waals surface area contributed by atoms with Gasteiger partial charge >= 0.3 is 0 Å². The van der Waals surface area contributed by atoms with Crippen molar-refractivity contribution in [3.05, 3.63) is 153 Å². The summed E-state index contributed by atoms with van der Waals surface area (Å²) >= 11 is 12.1. The van der Waals surface area contributed by atoms with Gasteiger partial charge in [0.25, 0.3) is 0 Å². The normalized spacial score (nSPS) is 13.9. The fourth-order valence-electron chi connectivity index (χ4n) is 7.23. The van der Waals surface area contributed by atoms with E-state index in [0.29, 0.717) is 0 Å². The van der Waals surface area contributed by atoms with Crippen molar-refractivity contribution in [1.29, 1.82) is 0 Å². The van der Waals surface area contributed by atoms with E-state index in [2.05, 4.69) is 131 Å². The third kappa shape index (κ3) is 2.91. The minimum Gasteiger partial charge on any atom is -0.135 e. The van der Waals surface area contributed by atoms with Crippen molar-refractivity contribution in [2.45, 2.75) is 5.41 Å². The zero-order valence-electron chi connectivity index (χ0n) is 21.2. The summed E-state index contributed by atoms with van der Waals surface area (Å²) in [5.41, 5.74) is 12.6. The van der Waals surface area contributed by atoms with E-state index in [1.165, 1.54) is 75.8 Å². The molecule has 0 saturated carbocycles. The highest BCUT2D eigenvalue weighted by atomic mass is 79.9. The first-order valence-electron chi connectivity index (χ1n) is 13.4. The van der Waals surface area contributed by atoms with Gasteiger partial charge in [-0.1, -0.05) is 106 Å². The molecule has 0 N–H and O–H groups in total. The summed E-state index contributed by atoms with van der Waals surface area (Å²) in [5.74, 6) is 0. The van der Waals surface area contributed by atoms with Gasteiger partial charge in [0.2, 0.25) is 0 Å². The van der Waals surface area contributed by atoms with Crippen LogP contribution in [0, 0.1) is 0 Å². The van der Waals surface area contributed by atoms with Gasteiger partial charge in [-0.05, 0) is 98.1 Å². The monoisotopic (exact) mass is 610 g/mol. The Morgan fingerprint density at radius 1 is 0.500 bits per heavy atom. The van der Waals surface area contributed by atoms with Crippen LogP contribution in [0.25, 0.3) is 53.6 Å². The average molecular weight is 612 g/mol. The van der Waals surface area contributed by atoms with Crippen molar-refractivity contribution in [2.75, 3.05) is 0 Å². The first kappa shape index (κ1) is 23.1. The van der Waals surface area contributed by atoms with E-state index in [-0.39, 0.29) is 5.41 Å². The van der Waals surface area contributed by atoms with Gasteiger partial charge in [-0.15, -0.1) is 11.3 Å². The average Bonchev–Trinajstić information content (AvgIpc) is 3.59. The molecule has 2 aliphatic rings. The van der Waals surface area contributed by atoms with Gasteiger partial charge in [0.15, 0.2) is 0 Å². The van der Waals surface area contributed by atoms with Gasteiger partial charge < -0.3 is 0 Å². The maximum atomic E-state index is 6.66. The van der Waals surface area contributed by atoms with Crippen molar-refractivity contribution < 1.29 is 0 Å². The van der Waals surface area contributed by atoms with E-state index >= 15 is 0 Å². The highest BCUT2D eigenvalue weighted by Crippen LogP contribution is 2.63. The molecule has 0 saturated heterocycles. The summed E-state index contributed by atoms with van der Waals surface area (Å²) in [5, 5.41) is 3.38. The lowest BCUT2D eigenvalue weighted by molar-refractivity contribution is 0.794. The summed E-state index contributed by atoms with van der Waals surface area (Å²) in [4.78, 5) is 0. The Morgan fingerprint density at radius 2 is 1.12 bits per heavy atom. The molecule has 7 aromatic rings. The SMILES string of the molecule is Clc1ccc2c(c1)-c1cc(-c3ccc4sc5cc(Br)ccc5c4c3)ccc1C21c2ccccc2-c2ccccc21. The minimum absolute atomic E-state index is 0.345. The topological polar surface area (TPSA) is 0 Å². The summed E-state index contributed by atoms with van der Waals surface area (Å²) in [6.45, 7) is 0. The van der Waals surface area contributed by atoms with Crippen LogP contribution in [-0.4, -0.2) is 0 Å². The molecule has 1 aromatic heterocycles. The van der Waals surface area contributed by atoms with E-state index in [0.717, 1.165) is 9.50 Å². The summed E-state index contributed by atoms with van der Waals surface area (Å²) in [7, 11) is 0. The maximum Gasteiger partial charge on any atom is 0.0725 e. The number of hydrogen-bond donors (Lipinski definition) is 0. The van der Waals surface area contributed by atoms with E-state index in [4.69, 9.17) is 11.6 Å². The molecule has 0 unspecified atom stereocenters. The zero-order valence-corrected chi connectivity index (χ0v) is 24.4. The number of hydrogen-bond acceptors (Lipinski definition) is 1. The Bertz CT molecular complexity index is 2160. The lowest BCUT2D eigenvalue weighted by Crippen LogP contribution is -2.25. The van der Waals surface area contributed by atoms with E-state index in [1.54, 1.807) is 0 Å². The lowest BCUT2D eigenvalue weighted by Gasteiger charge is -2.30. The lowest BCUT2D eigenvalue weighted by atomic mass is 9.70. The van der Waals surface area contributed by atoms with Crippen LogP contribution in [-0.2, 0) is 5.41 Å². The number of fused-ring (bicyclic) bond motifs is 13. The molecule has 3 heteroatoms. The third-order valence-electron chi connectivity index (χ3n) is 8.82. The van der Waals surface area contributed by atoms with Crippen LogP contribution in [0.5, 0.6) is 0 Å². The highest BCUT2D eigenvalue weighted by molar-refractivity contribution is 9.10. The second kappa shape index (κ2) is 8.17. The van der Waals surface area contributed by atoms with E-state index in [1.807, 2.05) is 17.4 Å². The van der Waals surface area contributed by atoms with Crippen molar-refractivity contribution in [3.8, 4) is 33.4 Å². The quantitative estimate of drug-likeness (QED) is 0.173. The smallest absolute Gasteiger partial charge is 0.0725 e. The Hall–Kier alpha value is -3.69. The Kier molecular flexibility index (Phi) is 4.71. The fourth-order valence-corrected chi connectivity index (χ4v) is 9.04. The number of halogens is 2. The predicted octanol–water partition coefficient (Wildman–Crippen LogP) is 11.5. The molecule has 9 rings (SSSR count). The Balaban J connectivity index is 1.32. The zero-order chi connectivity index (χ0) is 26.6. The standard InChI is InChI=1S/C37H20BrClS/c38-23-11-13-27-30-18-22(10-16-35(30)40-36(27)19-23)21-9-14-33-28(17-21)29-20-24(39)12-15-34(29)37(33)31-7-3-1-5-25(31)26-6-2-4-8-32(26)37/h1-20H. The van der Waals surface area contributed by atoms with Gasteiger partial charge in [-0.25, -0.2) is 0 Å². The van der Waals surface area contributed by atoms with Crippen LogP contribution in [0.2, 0.25) is 5.02 Å². The van der Waals surface area contributed by atoms with Crippen LogP contribution in [0.4, 0.5) is 0 Å². The van der Waals surface area contributed by atoms with Gasteiger partial charge in [-0.3, -0.25) is 0 Å². The minimum atomic E-state index is -0.345. The van der Waals surface area contributed by atoms with Crippen LogP contribution < -0.4 is 0 Å². The molecule has 0 radical (unpaired) electrons. The van der Waals surface area contributed by atoms with Crippen LogP contribution in [0.15, 0.2) is 126 Å². The summed E-state index contributed by atoms with van der Waals surface area (Å²) in [6.07, 6.45) is 0. The maximum absolute atomic E-state index is 6.66. The van der Waals surface area contributed by atoms with E-state index in [9.17, 15) is 0 Å². The molecule has 0 aliphatic heterocycles. The molecule has 0 nitrogen and oxygen atoms in total. The van der Waals surface area contributed by atoms with E-state index < -0.39 is 0 Å². The molecular weight excluding hydrogens is 592 g/mol. The second-order valence-electron chi connectivity index (χ2n) is 10.7. The molecule has 1 spiro atoms. The predicted molar refractivity (Wildman–Crippen MR) is 174 cm³/mol. The summed E-state index contributed by atoms with van der Waals surface area (Å²) < 4.78 is 3.74. The molecule has 40 heavy (non-hydrogen) atoms. The van der Waals surface area contributed by atoms with Crippen LogP contribution >= 0.6 is 38.9 Å². The molecule has 188 valence electrons. The van der Waals surface area contributed by atoms with Crippen molar-refractivity contribution in [2.24, 2.45) is 0 Å². The third-order valence-corrected chi connectivity index (χ3v) is 10.7. The molecule has 0 amide bonds. The molecule has 2 aliphatic carbocycles. The molecule has 0 fully saturated rings. The summed E-state index contributed by atoms with van der Waals surface area (Å²) in [6, 6.07) is 44.8. The van der Waals surface area contributed by atoms with Gasteiger partial charge in [0, 0.05) is 29.7 Å². The molecule has 1 heterocycles. The Morgan fingerprint density at radius 3 is 1.90 bits per heavy atom. The fraction of sp³-hybridized carbons (Fsp3) is 0.0270. The number of benzene rings is 6. The first-order chi connectivity index (χ1) is 19.6.